The molecule has 1 amide bonds. The Balaban J connectivity index is 0.00000140. The van der Waals surface area contributed by atoms with E-state index in [2.05, 4.69) is 186 Å². The molecule has 20 heteroatoms. The maximum atomic E-state index is 11.2. The number of nitrogens with two attached hydrogens (primary N) is 1. The molecule has 19 fully saturated rings. The van der Waals surface area contributed by atoms with Crippen LogP contribution in [0.1, 0.15) is 360 Å². The van der Waals surface area contributed by atoms with Crippen molar-refractivity contribution >= 4 is 11.9 Å². The second kappa shape index (κ2) is 60.8. The number of nitrogens with one attached hydrogen (secondary N) is 1. The van der Waals surface area contributed by atoms with Gasteiger partial charge in [-0.25, -0.2) is 0 Å². The average Bonchev–Trinajstić information content (AvgIpc) is 1.57. The normalized spacial score (nSPS) is 28.2. The summed E-state index contributed by atoms with van der Waals surface area (Å²) in [4.78, 5) is 42.6. The van der Waals surface area contributed by atoms with Crippen LogP contribution in [0.5, 0.6) is 0 Å². The number of primary amides is 1. The summed E-state index contributed by atoms with van der Waals surface area (Å²) in [6, 6.07) is 9.29. The van der Waals surface area contributed by atoms with E-state index in [9.17, 15) is 19.8 Å². The molecule has 132 heavy (non-hydrogen) atoms. The first kappa shape index (κ1) is 128. The van der Waals surface area contributed by atoms with Gasteiger partial charge >= 0.3 is 5.97 Å². The molecule has 10 heterocycles. The summed E-state index contributed by atoms with van der Waals surface area (Å²) >= 11 is 0. The van der Waals surface area contributed by atoms with Crippen LogP contribution in [0.3, 0.4) is 0 Å². The highest BCUT2D eigenvalue weighted by Crippen LogP contribution is 2.61. The summed E-state index contributed by atoms with van der Waals surface area (Å²) in [6.07, 6.45) is 37.6. The number of likely N-dealkylation sites (tertiary alicyclic amines) is 7. The number of aliphatic hydroxyl groups is 2. The first-order valence-corrected chi connectivity index (χ1v) is 54.5. The fourth-order valence-corrected chi connectivity index (χ4v) is 19.7. The van der Waals surface area contributed by atoms with Crippen molar-refractivity contribution < 1.29 is 24.9 Å². The van der Waals surface area contributed by atoms with E-state index in [1.165, 1.54) is 148 Å². The number of hydrogen-bond donors (Lipinski definition) is 5. The van der Waals surface area contributed by atoms with E-state index in [1.807, 2.05) is 150 Å². The van der Waals surface area contributed by atoms with Crippen LogP contribution in [-0.2, 0) is 9.59 Å². The summed E-state index contributed by atoms with van der Waals surface area (Å²) in [6.45, 7) is 78.2. The number of β-amino-alcohol motifs (C(OH)–C–C–N with tert-alkyl or cyclic N) is 2. The van der Waals surface area contributed by atoms with Gasteiger partial charge in [-0.2, -0.15) is 21.0 Å². The quantitative estimate of drug-likeness (QED) is 0.120. The van der Waals surface area contributed by atoms with E-state index in [0.717, 1.165) is 177 Å². The first-order chi connectivity index (χ1) is 62.7. The maximum Gasteiger partial charge on any atom is 0.309 e. The summed E-state index contributed by atoms with van der Waals surface area (Å²) in [5, 5.41) is 66.9. The van der Waals surface area contributed by atoms with Crippen LogP contribution in [-0.4, -0.2) is 277 Å². The van der Waals surface area contributed by atoms with Gasteiger partial charge in [0.15, 0.2) is 0 Å². The Morgan fingerprint density at radius 3 is 0.977 bits per heavy atom. The number of nitriles is 4. The molecule has 21 aliphatic rings. The van der Waals surface area contributed by atoms with Crippen molar-refractivity contribution in [2.24, 2.45) is 101 Å². The minimum atomic E-state index is -0.684. The van der Waals surface area contributed by atoms with Crippen LogP contribution < -0.4 is 11.1 Å². The molecule has 20 nitrogen and oxygen atoms in total. The summed E-state index contributed by atoms with van der Waals surface area (Å²) in [7, 11) is 19.0. The van der Waals surface area contributed by atoms with Gasteiger partial charge in [0.1, 0.15) is 5.60 Å². The number of nitrogens with zero attached hydrogens (tertiary/aromatic N) is 13. The molecule has 770 valence electrons. The molecule has 0 bridgehead atoms. The van der Waals surface area contributed by atoms with Crippen LogP contribution in [0.4, 0.5) is 0 Å². The van der Waals surface area contributed by atoms with E-state index >= 15 is 0 Å². The van der Waals surface area contributed by atoms with Gasteiger partial charge in [-0.05, 0) is 331 Å². The van der Waals surface area contributed by atoms with Crippen molar-refractivity contribution in [2.75, 3.05) is 194 Å². The number of amides is 1. The maximum absolute atomic E-state index is 11.2. The second-order valence-corrected chi connectivity index (χ2v) is 42.9. The number of carbonyl (C=O) groups is 2. The Hall–Kier alpha value is -4.10. The third-order valence-electron chi connectivity index (χ3n) is 31.2. The highest BCUT2D eigenvalue weighted by atomic mass is 16.4. The molecule has 8 saturated heterocycles. The molecule has 21 rings (SSSR count). The molecule has 11 aliphatic carbocycles. The fourth-order valence-electron chi connectivity index (χ4n) is 19.7. The molecule has 5 atom stereocenters. The van der Waals surface area contributed by atoms with Crippen molar-refractivity contribution in [1.29, 1.82) is 21.0 Å². The lowest BCUT2D eigenvalue weighted by Gasteiger charge is -2.49. The number of carbonyl (C=O) groups excluding carboxylic acids is 1. The van der Waals surface area contributed by atoms with E-state index in [-0.39, 0.29) is 44.0 Å². The van der Waals surface area contributed by atoms with E-state index in [1.54, 1.807) is 5.57 Å². The van der Waals surface area contributed by atoms with Gasteiger partial charge in [0.2, 0.25) is 5.91 Å². The monoisotopic (exact) mass is 1850 g/mol. The Labute approximate surface area is 817 Å². The zero-order chi connectivity index (χ0) is 102. The molecular formula is C112H217N15O5. The van der Waals surface area contributed by atoms with Crippen LogP contribution in [0.25, 0.3) is 0 Å². The largest absolute Gasteiger partial charge is 0.481 e. The molecule has 0 aromatic carbocycles. The summed E-state index contributed by atoms with van der Waals surface area (Å²) in [5.41, 5.74) is 9.81. The molecule has 0 radical (unpaired) electrons. The molecule has 0 spiro atoms. The number of hydrogen-bond acceptors (Lipinski definition) is 18. The lowest BCUT2D eigenvalue weighted by Crippen LogP contribution is -2.64. The van der Waals surface area contributed by atoms with Gasteiger partial charge in [0.05, 0.1) is 57.0 Å². The van der Waals surface area contributed by atoms with Gasteiger partial charge < -0.3 is 60.7 Å². The molecule has 0 aromatic heterocycles. The van der Waals surface area contributed by atoms with Gasteiger partial charge in [-0.1, -0.05) is 218 Å². The van der Waals surface area contributed by atoms with Crippen molar-refractivity contribution in [3.05, 3.63) is 23.3 Å². The number of likely N-dealkylation sites (N-methyl/N-ethyl adjacent to an activating group) is 4. The number of carboxylic acid groups (broad SMARTS) is 1. The van der Waals surface area contributed by atoms with Crippen molar-refractivity contribution in [1.82, 2.24) is 49.4 Å². The van der Waals surface area contributed by atoms with Crippen LogP contribution in [0.2, 0.25) is 0 Å². The highest BCUT2D eigenvalue weighted by Gasteiger charge is 2.64. The summed E-state index contributed by atoms with van der Waals surface area (Å²) < 4.78 is 0. The Kier molecular flexibility index (Phi) is 58.9. The van der Waals surface area contributed by atoms with Gasteiger partial charge in [0, 0.05) is 97.5 Å². The minimum Gasteiger partial charge on any atom is -0.481 e. The van der Waals surface area contributed by atoms with Crippen LogP contribution >= 0.6 is 0 Å². The average molecular weight is 1850 g/mol. The first-order valence-electron chi connectivity index (χ1n) is 54.5. The zero-order valence-corrected chi connectivity index (χ0v) is 93.5. The second-order valence-electron chi connectivity index (χ2n) is 42.9. The smallest absolute Gasteiger partial charge is 0.309 e. The Morgan fingerprint density at radius 2 is 0.758 bits per heavy atom. The predicted molar refractivity (Wildman–Crippen MR) is 562 cm³/mol. The molecule has 5 unspecified atom stereocenters. The van der Waals surface area contributed by atoms with E-state index in [0.29, 0.717) is 47.6 Å². The molecule has 11 saturated carbocycles. The minimum absolute atomic E-state index is 0.0231. The van der Waals surface area contributed by atoms with Crippen LogP contribution in [0.15, 0.2) is 23.3 Å². The lowest BCUT2D eigenvalue weighted by molar-refractivity contribution is -0.145. The molecule has 10 aliphatic heterocycles. The SMILES string of the molecule is CC.CC.CC.CC.CC.CC.CC.CC.CC.CC.CC1(C2CCNC2)CC1.CC1CC1.CN1CC(C)(C)C1.CN1CC(O)(C2(C#N)CC2)C1.CN1CC(O)(C2(C)CC2)C1.CN1CC=C(C2(C#N)CC2)C1.CN1CC=C(C2(C)CC2)C1.CN1CCC(C2(C#N)CC2)C1.CN1CCC(C2(C(=O)O)CC2)C1.CN1CCC(C2(C(N)=O)CC2)C1.CN1CCC(C2(C)CC2)C1.N#CC1CC1. The fraction of sp³-hybridized carbons (Fsp3) is 0.911. The predicted octanol–water partition coefficient (Wildman–Crippen LogP) is 22.2. The van der Waals surface area contributed by atoms with Crippen molar-refractivity contribution in [3.8, 4) is 24.3 Å². The van der Waals surface area contributed by atoms with E-state index in [4.69, 9.17) is 31.9 Å². The topological polar surface area (TPSA) is 257 Å². The van der Waals surface area contributed by atoms with Gasteiger partial charge in [-0.15, -0.1) is 0 Å². The summed E-state index contributed by atoms with van der Waals surface area (Å²) in [5.74, 6) is 4.56. The lowest BCUT2D eigenvalue weighted by atomic mass is 9.79. The number of carboxylic acids is 1. The molecular weight excluding hydrogens is 1640 g/mol. The highest BCUT2D eigenvalue weighted by molar-refractivity contribution is 5.84. The Morgan fingerprint density at radius 1 is 0.394 bits per heavy atom. The third kappa shape index (κ3) is 40.2. The number of aliphatic carboxylic acids is 1. The van der Waals surface area contributed by atoms with Crippen molar-refractivity contribution in [2.45, 2.75) is 372 Å². The zero-order valence-electron chi connectivity index (χ0n) is 93.5. The molecule has 0 aromatic rings. The standard InChI is InChI=1S/C9H16N2O.C9H14N2.C9H12N2.C9H15NO2.C9H17N.C9H15N.C8H12N2O.C8H15NO.C8H15N.C6H13N.C4H5N.C4H8.10C2H6/c1-11-5-2-7(6-11)9(3-4-9)8(10)12;2*1-11-5-2-8(6-11)9(7-10)3-4-9;1-10-5-2-7(6-10)9(3-4-9)8(11)12;2*1-9(4-5-9)8-3-6-10(2)7-8;1-10-5-8(11,6-10)7(4-9)2-3-7;1-7(3-4-7)8(10)5-9(2)6-8;1-8(3-4-8)7-2-5-9-6-7;1-6(2)4-7(3)5-6;5-3-4-1-2-4;1-4-2-3-4;10*1-2/h7H,2-6H2,1H3,(H2,10,12);8H,2-6H2,1H3;2H,3-6H2,1H3;7H,2-6H2,1H3,(H,11,12);8H,3-7H2,1-2H3;3H,4-7H2,1-2H3;11H,2-3,5-6H2,1H3;10H,3-6H2,1-2H3;7,9H,2-6H2,1H3;4-5H2,1-3H3;4H,1-2H2;4H,2-3H2,1H3;10*1-2H3. The molecule has 6 N–H and O–H groups in total. The van der Waals surface area contributed by atoms with Crippen molar-refractivity contribution in [3.63, 3.8) is 0 Å². The third-order valence-corrected chi connectivity index (χ3v) is 31.2. The van der Waals surface area contributed by atoms with Gasteiger partial charge in [0.25, 0.3) is 0 Å². The number of rotatable bonds is 11. The van der Waals surface area contributed by atoms with Gasteiger partial charge in [-0.3, -0.25) is 19.4 Å². The Bertz CT molecular complexity index is 3320. The van der Waals surface area contributed by atoms with E-state index < -0.39 is 11.6 Å². The van der Waals surface area contributed by atoms with Crippen LogP contribution in [0, 0.1) is 141 Å².